The second-order valence-corrected chi connectivity index (χ2v) is 4.97. The molecule has 0 aromatic rings. The van der Waals surface area contributed by atoms with Gasteiger partial charge in [-0.15, -0.1) is 0 Å². The number of rotatable bonds is 7. The Balaban J connectivity index is 2.11. The van der Waals surface area contributed by atoms with Gasteiger partial charge in [-0.3, -0.25) is 0 Å². The van der Waals surface area contributed by atoms with Crippen LogP contribution in [0.5, 0.6) is 0 Å². The van der Waals surface area contributed by atoms with Gasteiger partial charge in [-0.2, -0.15) is 0 Å². The summed E-state index contributed by atoms with van der Waals surface area (Å²) in [4.78, 5) is 0. The molecule has 96 valence electrons. The van der Waals surface area contributed by atoms with Crippen molar-refractivity contribution in [3.63, 3.8) is 0 Å². The molecule has 1 rings (SSSR count). The normalized spacial score (nSPS) is 23.6. The third kappa shape index (κ3) is 5.28. The molecule has 0 bridgehead atoms. The fourth-order valence-electron chi connectivity index (χ4n) is 2.17. The highest BCUT2D eigenvalue weighted by atomic mass is 16.7. The standard InChI is InChI=1S/C13H26O3/c1-11(2)12(6-8-14)7-10-16-13-5-3-4-9-15-13/h11-14H,3-10H2,1-2H3/t12-,13?/m0/s1. The molecule has 1 aliphatic rings. The summed E-state index contributed by atoms with van der Waals surface area (Å²) in [6, 6.07) is 0. The van der Waals surface area contributed by atoms with E-state index < -0.39 is 0 Å². The van der Waals surface area contributed by atoms with Crippen molar-refractivity contribution in [3.8, 4) is 0 Å². The molecule has 0 aromatic heterocycles. The van der Waals surface area contributed by atoms with Gasteiger partial charge in [-0.25, -0.2) is 0 Å². The topological polar surface area (TPSA) is 38.7 Å². The van der Waals surface area contributed by atoms with Gasteiger partial charge in [0.1, 0.15) is 0 Å². The summed E-state index contributed by atoms with van der Waals surface area (Å²) in [6.45, 7) is 6.29. The number of hydrogen-bond donors (Lipinski definition) is 1. The lowest BCUT2D eigenvalue weighted by molar-refractivity contribution is -0.164. The first-order chi connectivity index (χ1) is 7.74. The van der Waals surface area contributed by atoms with Crippen molar-refractivity contribution in [2.24, 2.45) is 11.8 Å². The summed E-state index contributed by atoms with van der Waals surface area (Å²) in [5.41, 5.74) is 0. The van der Waals surface area contributed by atoms with Crippen LogP contribution in [0.25, 0.3) is 0 Å². The zero-order valence-corrected chi connectivity index (χ0v) is 10.7. The smallest absolute Gasteiger partial charge is 0.157 e. The van der Waals surface area contributed by atoms with E-state index in [1.807, 2.05) is 0 Å². The maximum atomic E-state index is 8.97. The van der Waals surface area contributed by atoms with Gasteiger partial charge in [0.25, 0.3) is 0 Å². The molecule has 1 saturated heterocycles. The summed E-state index contributed by atoms with van der Waals surface area (Å²) in [5.74, 6) is 1.18. The van der Waals surface area contributed by atoms with E-state index in [2.05, 4.69) is 13.8 Å². The van der Waals surface area contributed by atoms with E-state index in [0.29, 0.717) is 11.8 Å². The minimum absolute atomic E-state index is 0.0238. The molecule has 1 fully saturated rings. The van der Waals surface area contributed by atoms with E-state index in [0.717, 1.165) is 32.5 Å². The highest BCUT2D eigenvalue weighted by Crippen LogP contribution is 2.20. The van der Waals surface area contributed by atoms with Crippen LogP contribution in [0.4, 0.5) is 0 Å². The van der Waals surface area contributed by atoms with Gasteiger partial charge in [0.15, 0.2) is 6.29 Å². The molecule has 0 saturated carbocycles. The third-order valence-corrected chi connectivity index (χ3v) is 3.37. The fourth-order valence-corrected chi connectivity index (χ4v) is 2.17. The Morgan fingerprint density at radius 1 is 1.31 bits per heavy atom. The molecule has 16 heavy (non-hydrogen) atoms. The quantitative estimate of drug-likeness (QED) is 0.730. The molecular weight excluding hydrogens is 204 g/mol. The molecule has 0 amide bonds. The first-order valence-electron chi connectivity index (χ1n) is 6.58. The number of aliphatic hydroxyl groups excluding tert-OH is 1. The lowest BCUT2D eigenvalue weighted by Crippen LogP contribution is -2.24. The summed E-state index contributed by atoms with van der Waals surface area (Å²) < 4.78 is 11.2. The lowest BCUT2D eigenvalue weighted by Gasteiger charge is -2.25. The Morgan fingerprint density at radius 2 is 2.12 bits per heavy atom. The van der Waals surface area contributed by atoms with Gasteiger partial charge in [0.2, 0.25) is 0 Å². The molecule has 0 aromatic carbocycles. The van der Waals surface area contributed by atoms with E-state index in [9.17, 15) is 0 Å². The van der Waals surface area contributed by atoms with Crippen LogP contribution in [-0.4, -0.2) is 31.2 Å². The molecule has 3 nitrogen and oxygen atoms in total. The van der Waals surface area contributed by atoms with E-state index in [4.69, 9.17) is 14.6 Å². The zero-order chi connectivity index (χ0) is 11.8. The van der Waals surface area contributed by atoms with Crippen molar-refractivity contribution in [2.75, 3.05) is 19.8 Å². The molecule has 0 radical (unpaired) electrons. The van der Waals surface area contributed by atoms with Crippen LogP contribution in [0.3, 0.4) is 0 Å². The van der Waals surface area contributed by atoms with Crippen LogP contribution in [0.1, 0.15) is 46.0 Å². The number of ether oxygens (including phenoxy) is 2. The Labute approximate surface area is 99.1 Å². The van der Waals surface area contributed by atoms with Crippen molar-refractivity contribution in [1.29, 1.82) is 0 Å². The van der Waals surface area contributed by atoms with Crippen molar-refractivity contribution in [3.05, 3.63) is 0 Å². The molecule has 0 spiro atoms. The predicted molar refractivity (Wildman–Crippen MR) is 64.2 cm³/mol. The minimum Gasteiger partial charge on any atom is -0.396 e. The molecule has 2 atom stereocenters. The average Bonchev–Trinajstić information content (AvgIpc) is 2.29. The van der Waals surface area contributed by atoms with Gasteiger partial charge in [0.05, 0.1) is 6.61 Å². The van der Waals surface area contributed by atoms with Crippen LogP contribution in [0, 0.1) is 11.8 Å². The monoisotopic (exact) mass is 230 g/mol. The van der Waals surface area contributed by atoms with Crippen molar-refractivity contribution in [1.82, 2.24) is 0 Å². The Hall–Kier alpha value is -0.120. The summed E-state index contributed by atoms with van der Waals surface area (Å²) in [5, 5.41) is 8.97. The van der Waals surface area contributed by atoms with Crippen LogP contribution >= 0.6 is 0 Å². The van der Waals surface area contributed by atoms with E-state index in [1.165, 1.54) is 12.8 Å². The van der Waals surface area contributed by atoms with Crippen LogP contribution in [0.2, 0.25) is 0 Å². The largest absolute Gasteiger partial charge is 0.396 e. The van der Waals surface area contributed by atoms with Gasteiger partial charge in [-0.05, 0) is 43.9 Å². The molecule has 1 unspecified atom stereocenters. The second kappa shape index (κ2) is 8.04. The molecule has 1 heterocycles. The van der Waals surface area contributed by atoms with Crippen LogP contribution < -0.4 is 0 Å². The van der Waals surface area contributed by atoms with Crippen molar-refractivity contribution >= 4 is 0 Å². The van der Waals surface area contributed by atoms with Crippen molar-refractivity contribution < 1.29 is 14.6 Å². The Morgan fingerprint density at radius 3 is 2.69 bits per heavy atom. The molecule has 3 heteroatoms. The maximum Gasteiger partial charge on any atom is 0.157 e. The fraction of sp³-hybridized carbons (Fsp3) is 1.00. The number of hydrogen-bond acceptors (Lipinski definition) is 3. The lowest BCUT2D eigenvalue weighted by atomic mass is 9.90. The summed E-state index contributed by atoms with van der Waals surface area (Å²) >= 11 is 0. The molecule has 0 aliphatic carbocycles. The first kappa shape index (κ1) is 13.9. The van der Waals surface area contributed by atoms with E-state index in [1.54, 1.807) is 0 Å². The Kier molecular flexibility index (Phi) is 7.01. The average molecular weight is 230 g/mol. The minimum atomic E-state index is 0.0238. The molecule has 1 aliphatic heterocycles. The highest BCUT2D eigenvalue weighted by Gasteiger charge is 2.16. The second-order valence-electron chi connectivity index (χ2n) is 4.97. The Bertz CT molecular complexity index is 165. The van der Waals surface area contributed by atoms with Crippen molar-refractivity contribution in [2.45, 2.75) is 52.2 Å². The van der Waals surface area contributed by atoms with Gasteiger partial charge >= 0.3 is 0 Å². The predicted octanol–water partition coefficient (Wildman–Crippen LogP) is 2.57. The third-order valence-electron chi connectivity index (χ3n) is 3.37. The highest BCUT2D eigenvalue weighted by molar-refractivity contribution is 4.63. The first-order valence-corrected chi connectivity index (χ1v) is 6.58. The van der Waals surface area contributed by atoms with E-state index in [-0.39, 0.29) is 12.9 Å². The molecular formula is C13H26O3. The molecule has 1 N–H and O–H groups in total. The van der Waals surface area contributed by atoms with Gasteiger partial charge < -0.3 is 14.6 Å². The SMILES string of the molecule is CC(C)[C@@H](CCO)CCOC1CCCCO1. The maximum absolute atomic E-state index is 8.97. The van der Waals surface area contributed by atoms with Gasteiger partial charge in [-0.1, -0.05) is 13.8 Å². The summed E-state index contributed by atoms with van der Waals surface area (Å²) in [6.07, 6.45) is 5.35. The van der Waals surface area contributed by atoms with Crippen LogP contribution in [0.15, 0.2) is 0 Å². The number of aliphatic hydroxyl groups is 1. The van der Waals surface area contributed by atoms with Crippen LogP contribution in [-0.2, 0) is 9.47 Å². The van der Waals surface area contributed by atoms with Gasteiger partial charge in [0, 0.05) is 13.2 Å². The summed E-state index contributed by atoms with van der Waals surface area (Å²) in [7, 11) is 0. The van der Waals surface area contributed by atoms with E-state index >= 15 is 0 Å². The zero-order valence-electron chi connectivity index (χ0n) is 10.7.